The normalized spacial score (nSPS) is 17.6. The van der Waals surface area contributed by atoms with Crippen molar-refractivity contribution in [3.63, 3.8) is 0 Å². The van der Waals surface area contributed by atoms with Crippen LogP contribution in [0.15, 0.2) is 78.9 Å². The van der Waals surface area contributed by atoms with E-state index in [1.54, 1.807) is 29.2 Å². The predicted octanol–water partition coefficient (Wildman–Crippen LogP) is 6.34. The van der Waals surface area contributed by atoms with Crippen LogP contribution in [0.25, 0.3) is 0 Å². The van der Waals surface area contributed by atoms with Crippen molar-refractivity contribution in [3.05, 3.63) is 95.0 Å². The number of ether oxygens (including phenoxy) is 2. The lowest BCUT2D eigenvalue weighted by molar-refractivity contribution is -0.148. The molecule has 2 unspecified atom stereocenters. The summed E-state index contributed by atoms with van der Waals surface area (Å²) in [6.45, 7) is 2.27. The molecule has 33 heavy (non-hydrogen) atoms. The SMILES string of the molecule is CCCOC(=O)C1CSC(c2cccc(Oc3ccccc3)c2)N1C(=O)c1ccc(Cl)cc1. The molecule has 0 spiro atoms. The molecule has 1 saturated heterocycles. The van der Waals surface area contributed by atoms with E-state index in [1.807, 2.05) is 61.5 Å². The highest BCUT2D eigenvalue weighted by Crippen LogP contribution is 2.43. The topological polar surface area (TPSA) is 55.8 Å². The van der Waals surface area contributed by atoms with Crippen LogP contribution in [-0.4, -0.2) is 35.2 Å². The molecule has 2 atom stereocenters. The van der Waals surface area contributed by atoms with E-state index in [-0.39, 0.29) is 17.3 Å². The molecule has 0 aliphatic carbocycles. The van der Waals surface area contributed by atoms with Crippen LogP contribution < -0.4 is 4.74 Å². The molecule has 3 aromatic carbocycles. The van der Waals surface area contributed by atoms with Gasteiger partial charge in [-0.2, -0.15) is 0 Å². The Hall–Kier alpha value is -2.96. The Kier molecular flexibility index (Phi) is 7.57. The molecule has 1 aliphatic heterocycles. The zero-order valence-electron chi connectivity index (χ0n) is 18.1. The third-order valence-corrected chi connectivity index (χ3v) is 6.74. The minimum atomic E-state index is -0.673. The highest BCUT2D eigenvalue weighted by Gasteiger charge is 2.43. The molecule has 0 aromatic heterocycles. The fraction of sp³-hybridized carbons (Fsp3) is 0.231. The lowest BCUT2D eigenvalue weighted by atomic mass is 10.1. The quantitative estimate of drug-likeness (QED) is 0.368. The Morgan fingerprint density at radius 3 is 2.45 bits per heavy atom. The summed E-state index contributed by atoms with van der Waals surface area (Å²) in [5, 5.41) is 0.190. The minimum absolute atomic E-state index is 0.241. The molecular formula is C26H24ClNO4S. The molecule has 1 amide bonds. The molecule has 3 aromatic rings. The molecule has 7 heteroatoms. The van der Waals surface area contributed by atoms with E-state index >= 15 is 0 Å². The zero-order chi connectivity index (χ0) is 23.2. The van der Waals surface area contributed by atoms with Gasteiger partial charge in [-0.05, 0) is 60.5 Å². The first-order valence-electron chi connectivity index (χ1n) is 10.8. The second kappa shape index (κ2) is 10.8. The predicted molar refractivity (Wildman–Crippen MR) is 131 cm³/mol. The summed E-state index contributed by atoms with van der Waals surface area (Å²) in [6.07, 6.45) is 0.721. The number of nitrogens with zero attached hydrogens (tertiary/aromatic N) is 1. The summed E-state index contributed by atoms with van der Waals surface area (Å²) in [4.78, 5) is 28.0. The van der Waals surface area contributed by atoms with Crippen molar-refractivity contribution in [2.45, 2.75) is 24.8 Å². The van der Waals surface area contributed by atoms with Crippen molar-refractivity contribution in [1.29, 1.82) is 0 Å². The van der Waals surface area contributed by atoms with Crippen molar-refractivity contribution in [2.75, 3.05) is 12.4 Å². The molecular weight excluding hydrogens is 458 g/mol. The van der Waals surface area contributed by atoms with Gasteiger partial charge in [-0.3, -0.25) is 4.79 Å². The summed E-state index contributed by atoms with van der Waals surface area (Å²) < 4.78 is 11.4. The summed E-state index contributed by atoms with van der Waals surface area (Å²) in [7, 11) is 0. The van der Waals surface area contributed by atoms with Gasteiger partial charge in [-0.15, -0.1) is 11.8 Å². The van der Waals surface area contributed by atoms with Crippen LogP contribution in [0.2, 0.25) is 5.02 Å². The number of para-hydroxylation sites is 1. The number of hydrogen-bond acceptors (Lipinski definition) is 5. The maximum atomic E-state index is 13.5. The number of halogens is 1. The van der Waals surface area contributed by atoms with Crippen molar-refractivity contribution in [3.8, 4) is 11.5 Å². The van der Waals surface area contributed by atoms with Gasteiger partial charge in [-0.25, -0.2) is 4.79 Å². The number of thioether (sulfide) groups is 1. The van der Waals surface area contributed by atoms with Gasteiger partial charge in [-0.1, -0.05) is 48.9 Å². The smallest absolute Gasteiger partial charge is 0.329 e. The molecule has 4 rings (SSSR count). The van der Waals surface area contributed by atoms with E-state index in [1.165, 1.54) is 11.8 Å². The Morgan fingerprint density at radius 1 is 1.00 bits per heavy atom. The van der Waals surface area contributed by atoms with Crippen molar-refractivity contribution >= 4 is 35.2 Å². The maximum absolute atomic E-state index is 13.5. The van der Waals surface area contributed by atoms with Crippen molar-refractivity contribution in [2.24, 2.45) is 0 Å². The number of amides is 1. The molecule has 5 nitrogen and oxygen atoms in total. The van der Waals surface area contributed by atoms with Crippen LogP contribution in [0.4, 0.5) is 0 Å². The molecule has 0 N–H and O–H groups in total. The molecule has 1 heterocycles. The van der Waals surface area contributed by atoms with Gasteiger partial charge in [0, 0.05) is 16.3 Å². The monoisotopic (exact) mass is 481 g/mol. The van der Waals surface area contributed by atoms with Crippen LogP contribution in [0.1, 0.15) is 34.6 Å². The first-order chi connectivity index (χ1) is 16.1. The van der Waals surface area contributed by atoms with E-state index in [0.717, 1.165) is 17.7 Å². The lowest BCUT2D eigenvalue weighted by Gasteiger charge is -2.29. The Morgan fingerprint density at radius 2 is 1.73 bits per heavy atom. The maximum Gasteiger partial charge on any atom is 0.329 e. The van der Waals surface area contributed by atoms with Crippen LogP contribution >= 0.6 is 23.4 Å². The standard InChI is InChI=1S/C26H24ClNO4S/c1-2-15-31-26(30)23-17-33-25(28(23)24(29)18-11-13-20(27)14-12-18)19-7-6-10-22(16-19)32-21-8-4-3-5-9-21/h3-14,16,23,25H,2,15,17H2,1H3. The van der Waals surface area contributed by atoms with Crippen LogP contribution in [0, 0.1) is 0 Å². The average Bonchev–Trinajstić information content (AvgIpc) is 3.29. The Labute approximate surface area is 202 Å². The number of hydrogen-bond donors (Lipinski definition) is 0. The van der Waals surface area contributed by atoms with Crippen molar-refractivity contribution in [1.82, 2.24) is 4.90 Å². The molecule has 1 fully saturated rings. The number of carbonyl (C=O) groups excluding carboxylic acids is 2. The minimum Gasteiger partial charge on any atom is -0.464 e. The lowest BCUT2D eigenvalue weighted by Crippen LogP contribution is -2.44. The summed E-state index contributed by atoms with van der Waals surface area (Å²) in [5.41, 5.74) is 1.35. The first kappa shape index (κ1) is 23.2. The van der Waals surface area contributed by atoms with Gasteiger partial charge in [0.1, 0.15) is 22.9 Å². The second-order valence-electron chi connectivity index (χ2n) is 7.58. The summed E-state index contributed by atoms with van der Waals surface area (Å²) >= 11 is 7.54. The fourth-order valence-corrected chi connectivity index (χ4v) is 5.12. The van der Waals surface area contributed by atoms with Gasteiger partial charge in [0.05, 0.1) is 6.61 Å². The van der Waals surface area contributed by atoms with Crippen LogP contribution in [0.3, 0.4) is 0 Å². The van der Waals surface area contributed by atoms with Gasteiger partial charge in [0.25, 0.3) is 5.91 Å². The number of carbonyl (C=O) groups is 2. The second-order valence-corrected chi connectivity index (χ2v) is 9.13. The number of rotatable bonds is 7. The van der Waals surface area contributed by atoms with Crippen molar-refractivity contribution < 1.29 is 19.1 Å². The van der Waals surface area contributed by atoms with E-state index < -0.39 is 6.04 Å². The Balaban J connectivity index is 1.64. The van der Waals surface area contributed by atoms with Crippen LogP contribution in [-0.2, 0) is 9.53 Å². The van der Waals surface area contributed by atoms with E-state index in [9.17, 15) is 9.59 Å². The third kappa shape index (κ3) is 5.52. The number of benzene rings is 3. The largest absolute Gasteiger partial charge is 0.464 e. The van der Waals surface area contributed by atoms with Gasteiger partial charge in [0.2, 0.25) is 0 Å². The summed E-state index contributed by atoms with van der Waals surface area (Å²) in [6, 6.07) is 23.1. The van der Waals surface area contributed by atoms with Gasteiger partial charge >= 0.3 is 5.97 Å². The highest BCUT2D eigenvalue weighted by molar-refractivity contribution is 7.99. The number of esters is 1. The summed E-state index contributed by atoms with van der Waals surface area (Å²) in [5.74, 6) is 1.22. The Bertz CT molecular complexity index is 1110. The van der Waals surface area contributed by atoms with Gasteiger partial charge < -0.3 is 14.4 Å². The average molecular weight is 482 g/mol. The van der Waals surface area contributed by atoms with Gasteiger partial charge in [0.15, 0.2) is 0 Å². The molecule has 0 saturated carbocycles. The van der Waals surface area contributed by atoms with E-state index in [4.69, 9.17) is 21.1 Å². The molecule has 170 valence electrons. The highest BCUT2D eigenvalue weighted by atomic mass is 35.5. The third-order valence-electron chi connectivity index (χ3n) is 5.17. The molecule has 1 aliphatic rings. The first-order valence-corrected chi connectivity index (χ1v) is 12.2. The zero-order valence-corrected chi connectivity index (χ0v) is 19.7. The van der Waals surface area contributed by atoms with Crippen LogP contribution in [0.5, 0.6) is 11.5 Å². The fourth-order valence-electron chi connectivity index (χ4n) is 3.59. The molecule has 0 bridgehead atoms. The van der Waals surface area contributed by atoms with E-state index in [0.29, 0.717) is 28.7 Å². The van der Waals surface area contributed by atoms with E-state index in [2.05, 4.69) is 0 Å². The molecule has 0 radical (unpaired) electrons.